The highest BCUT2D eigenvalue weighted by atomic mass is 14.5. The first-order valence-electron chi connectivity index (χ1n) is 17.8. The summed E-state index contributed by atoms with van der Waals surface area (Å²) in [6, 6.07) is 55.1. The molecule has 0 radical (unpaired) electrons. The fourth-order valence-electron chi connectivity index (χ4n) is 7.98. The van der Waals surface area contributed by atoms with E-state index >= 15 is 0 Å². The molecule has 0 aromatic heterocycles. The Hall–Kier alpha value is -3.90. The van der Waals surface area contributed by atoms with Gasteiger partial charge in [-0.1, -0.05) is 166 Å². The van der Waals surface area contributed by atoms with Crippen molar-refractivity contribution in [2.45, 2.75) is 94.8 Å². The summed E-state index contributed by atoms with van der Waals surface area (Å²) in [6.45, 7) is 7.08. The summed E-state index contributed by atoms with van der Waals surface area (Å²) in [6.07, 6.45) is 8.43. The molecule has 5 aromatic rings. The van der Waals surface area contributed by atoms with Crippen LogP contribution in [0.15, 0.2) is 146 Å². The fourth-order valence-corrected chi connectivity index (χ4v) is 7.98. The van der Waals surface area contributed by atoms with Crippen molar-refractivity contribution >= 4 is 0 Å². The van der Waals surface area contributed by atoms with E-state index in [1.54, 1.807) is 0 Å². The Balaban J connectivity index is 1.35. The van der Waals surface area contributed by atoms with E-state index in [1.807, 2.05) is 0 Å². The molecule has 0 saturated heterocycles. The van der Waals surface area contributed by atoms with Gasteiger partial charge >= 0.3 is 0 Å². The van der Waals surface area contributed by atoms with Gasteiger partial charge in [0.25, 0.3) is 0 Å². The molecule has 1 fully saturated rings. The molecule has 0 heteroatoms. The topological polar surface area (TPSA) is 0 Å². The molecule has 1 aliphatic rings. The lowest BCUT2D eigenvalue weighted by atomic mass is 9.70. The second kappa shape index (κ2) is 15.1. The highest BCUT2D eigenvalue weighted by molar-refractivity contribution is 5.34. The van der Waals surface area contributed by atoms with Gasteiger partial charge in [0.15, 0.2) is 0 Å². The van der Waals surface area contributed by atoms with Gasteiger partial charge in [-0.25, -0.2) is 0 Å². The van der Waals surface area contributed by atoms with Gasteiger partial charge in [-0.15, -0.1) is 0 Å². The van der Waals surface area contributed by atoms with Crippen molar-refractivity contribution in [3.8, 4) is 0 Å². The Bertz CT molecular complexity index is 1580. The molecule has 0 nitrogen and oxygen atoms in total. The molecular formula is C46H52. The molecule has 1 saturated carbocycles. The third-order valence-corrected chi connectivity index (χ3v) is 11.2. The molecule has 0 aliphatic heterocycles. The van der Waals surface area contributed by atoms with E-state index in [0.717, 1.165) is 6.42 Å². The molecule has 46 heavy (non-hydrogen) atoms. The maximum Gasteiger partial charge on any atom is -0.00405 e. The van der Waals surface area contributed by atoms with E-state index in [1.165, 1.54) is 71.9 Å². The standard InChI is InChI=1S/C46H52/c1-4-35(2)38-25-27-39(28-26-38)36(3)31-42(32-37-17-9-5-10-18-37)45(41-21-13-7-14-22-41)33-43(40-19-11-6-12-20-40)34-46(29-30-46)44-23-15-8-16-24-44/h5-28,35-36,42-43,45H,4,29-34H2,1-3H3. The van der Waals surface area contributed by atoms with Gasteiger partial charge in [-0.05, 0) is 113 Å². The predicted molar refractivity (Wildman–Crippen MR) is 197 cm³/mol. The highest BCUT2D eigenvalue weighted by Crippen LogP contribution is 2.56. The van der Waals surface area contributed by atoms with Gasteiger partial charge in [0.1, 0.15) is 0 Å². The smallest absolute Gasteiger partial charge is 0.00405 e. The van der Waals surface area contributed by atoms with Crippen LogP contribution >= 0.6 is 0 Å². The molecule has 0 N–H and O–H groups in total. The van der Waals surface area contributed by atoms with Crippen LogP contribution in [0.25, 0.3) is 0 Å². The minimum absolute atomic E-state index is 0.308. The summed E-state index contributed by atoms with van der Waals surface area (Å²) in [7, 11) is 0. The normalized spacial score (nSPS) is 17.0. The molecule has 5 unspecified atom stereocenters. The lowest BCUT2D eigenvalue weighted by Gasteiger charge is -2.34. The van der Waals surface area contributed by atoms with E-state index in [9.17, 15) is 0 Å². The first-order chi connectivity index (χ1) is 22.5. The van der Waals surface area contributed by atoms with Crippen molar-refractivity contribution in [1.82, 2.24) is 0 Å². The van der Waals surface area contributed by atoms with Gasteiger partial charge in [-0.2, -0.15) is 0 Å². The molecule has 0 spiro atoms. The monoisotopic (exact) mass is 604 g/mol. The van der Waals surface area contributed by atoms with Crippen molar-refractivity contribution in [2.24, 2.45) is 5.92 Å². The summed E-state index contributed by atoms with van der Waals surface area (Å²) in [5.74, 6) is 2.57. The average molecular weight is 605 g/mol. The average Bonchev–Trinajstić information content (AvgIpc) is 3.91. The summed E-state index contributed by atoms with van der Waals surface area (Å²) >= 11 is 0. The maximum atomic E-state index is 2.46. The highest BCUT2D eigenvalue weighted by Gasteiger charge is 2.46. The zero-order valence-electron chi connectivity index (χ0n) is 28.2. The van der Waals surface area contributed by atoms with Crippen molar-refractivity contribution in [3.63, 3.8) is 0 Å². The van der Waals surface area contributed by atoms with Crippen LogP contribution in [0.4, 0.5) is 0 Å². The summed E-state index contributed by atoms with van der Waals surface area (Å²) in [5.41, 5.74) is 9.21. The van der Waals surface area contributed by atoms with Crippen molar-refractivity contribution in [3.05, 3.63) is 179 Å². The second-order valence-electron chi connectivity index (χ2n) is 14.3. The number of hydrogen-bond acceptors (Lipinski definition) is 0. The van der Waals surface area contributed by atoms with Crippen molar-refractivity contribution in [2.75, 3.05) is 0 Å². The first kappa shape index (κ1) is 32.1. The Morgan fingerprint density at radius 2 is 1.02 bits per heavy atom. The van der Waals surface area contributed by atoms with Gasteiger partial charge < -0.3 is 0 Å². The Morgan fingerprint density at radius 3 is 1.57 bits per heavy atom. The van der Waals surface area contributed by atoms with Crippen molar-refractivity contribution in [1.29, 1.82) is 0 Å². The Labute approximate surface area is 278 Å². The molecule has 0 amide bonds. The predicted octanol–water partition coefficient (Wildman–Crippen LogP) is 12.6. The largest absolute Gasteiger partial charge is 0.0648 e. The van der Waals surface area contributed by atoms with Crippen LogP contribution in [0.2, 0.25) is 0 Å². The third kappa shape index (κ3) is 7.90. The Morgan fingerprint density at radius 1 is 0.522 bits per heavy atom. The van der Waals surface area contributed by atoms with Crippen LogP contribution in [-0.2, 0) is 11.8 Å². The SMILES string of the molecule is CCC(C)c1ccc(C(C)CC(Cc2ccccc2)C(CC(CC2(c3ccccc3)CC2)c2ccccc2)c2ccccc2)cc1. The molecule has 1 aliphatic carbocycles. The lowest BCUT2D eigenvalue weighted by molar-refractivity contribution is 0.323. The molecule has 5 aromatic carbocycles. The molecule has 0 heterocycles. The van der Waals surface area contributed by atoms with Gasteiger partial charge in [-0.3, -0.25) is 0 Å². The summed E-state index contributed by atoms with van der Waals surface area (Å²) < 4.78 is 0. The molecule has 0 bridgehead atoms. The quantitative estimate of drug-likeness (QED) is 0.111. The van der Waals surface area contributed by atoms with Crippen LogP contribution in [0.1, 0.15) is 116 Å². The summed E-state index contributed by atoms with van der Waals surface area (Å²) in [5, 5.41) is 0. The van der Waals surface area contributed by atoms with Gasteiger partial charge in [0.2, 0.25) is 0 Å². The molecule has 5 atom stereocenters. The minimum Gasteiger partial charge on any atom is -0.0648 e. The van der Waals surface area contributed by atoms with E-state index in [-0.39, 0.29) is 0 Å². The molecule has 6 rings (SSSR count). The van der Waals surface area contributed by atoms with E-state index in [2.05, 4.69) is 166 Å². The summed E-state index contributed by atoms with van der Waals surface area (Å²) in [4.78, 5) is 0. The van der Waals surface area contributed by atoms with E-state index < -0.39 is 0 Å². The van der Waals surface area contributed by atoms with Crippen LogP contribution in [0.5, 0.6) is 0 Å². The van der Waals surface area contributed by atoms with Crippen LogP contribution in [0, 0.1) is 5.92 Å². The third-order valence-electron chi connectivity index (χ3n) is 11.2. The van der Waals surface area contributed by atoms with Crippen molar-refractivity contribution < 1.29 is 0 Å². The van der Waals surface area contributed by atoms with Crippen LogP contribution in [0.3, 0.4) is 0 Å². The first-order valence-corrected chi connectivity index (χ1v) is 17.8. The number of hydrogen-bond donors (Lipinski definition) is 0. The number of rotatable bonds is 15. The van der Waals surface area contributed by atoms with Gasteiger partial charge in [0.05, 0.1) is 0 Å². The van der Waals surface area contributed by atoms with E-state index in [0.29, 0.717) is 35.0 Å². The molecular weight excluding hydrogens is 553 g/mol. The zero-order chi connectivity index (χ0) is 31.8. The van der Waals surface area contributed by atoms with E-state index in [4.69, 9.17) is 0 Å². The van der Waals surface area contributed by atoms with Crippen LogP contribution in [-0.4, -0.2) is 0 Å². The zero-order valence-corrected chi connectivity index (χ0v) is 28.2. The second-order valence-corrected chi connectivity index (χ2v) is 14.3. The molecule has 236 valence electrons. The van der Waals surface area contributed by atoms with Gasteiger partial charge in [0, 0.05) is 0 Å². The Kier molecular flexibility index (Phi) is 10.5. The van der Waals surface area contributed by atoms with Crippen LogP contribution < -0.4 is 0 Å². The maximum absolute atomic E-state index is 2.46. The number of benzene rings is 5. The lowest BCUT2D eigenvalue weighted by Crippen LogP contribution is -2.22. The minimum atomic E-state index is 0.308. The fraction of sp³-hybridized carbons (Fsp3) is 0.348.